The average Bonchev–Trinajstić information content (AvgIpc) is 2.82. The molecule has 1 rings (SSSR count). The molecule has 10 heteroatoms. The van der Waals surface area contributed by atoms with E-state index in [4.69, 9.17) is 29.4 Å². The minimum absolute atomic E-state index is 0.0505. The van der Waals surface area contributed by atoms with Crippen LogP contribution in [0.25, 0.3) is 0 Å². The molecule has 0 saturated carbocycles. The second-order valence-electron chi connectivity index (χ2n) is 11.9. The van der Waals surface area contributed by atoms with Gasteiger partial charge in [0.1, 0.15) is 24.4 Å². The molecular weight excluding hydrogens is 506 g/mol. The lowest BCUT2D eigenvalue weighted by molar-refractivity contribution is -0.152. The smallest absolute Gasteiger partial charge is 0.458 e. The largest absolute Gasteiger partial charge is 0.508 e. The molecule has 0 heterocycles. The van der Waals surface area contributed by atoms with Crippen molar-refractivity contribution in [3.63, 3.8) is 0 Å². The molecule has 0 spiro atoms. The molecule has 2 atom stereocenters. The monoisotopic (exact) mass is 551 g/mol. The van der Waals surface area contributed by atoms with Crippen LogP contribution in [0.2, 0.25) is 0 Å². The van der Waals surface area contributed by atoms with Crippen molar-refractivity contribution >= 4 is 24.1 Å². The maximum absolute atomic E-state index is 12.8. The Hall–Kier alpha value is -3.14. The van der Waals surface area contributed by atoms with E-state index in [0.29, 0.717) is 18.4 Å². The van der Waals surface area contributed by atoms with Gasteiger partial charge in [0.05, 0.1) is 10.8 Å². The highest BCUT2D eigenvalue weighted by atomic mass is 16.7. The normalized spacial score (nSPS) is 13.6. The number of ether oxygens (including phenoxy) is 5. The molecule has 39 heavy (non-hydrogen) atoms. The highest BCUT2D eigenvalue weighted by Gasteiger charge is 2.32. The van der Waals surface area contributed by atoms with Crippen molar-refractivity contribution < 1.29 is 42.9 Å². The molecule has 0 aromatic heterocycles. The van der Waals surface area contributed by atoms with Crippen molar-refractivity contribution in [3.05, 3.63) is 23.8 Å². The summed E-state index contributed by atoms with van der Waals surface area (Å²) in [5.41, 5.74) is 4.42. The fourth-order valence-electron chi connectivity index (χ4n) is 2.73. The lowest BCUT2D eigenvalue weighted by Gasteiger charge is -2.24. The molecule has 0 radical (unpaired) electrons. The third-order valence-corrected chi connectivity index (χ3v) is 6.19. The first-order chi connectivity index (χ1) is 17.8. The van der Waals surface area contributed by atoms with E-state index < -0.39 is 52.6 Å². The lowest BCUT2D eigenvalue weighted by atomic mass is 9.90. The molecule has 2 N–H and O–H groups in total. The van der Waals surface area contributed by atoms with Gasteiger partial charge in [-0.2, -0.15) is 0 Å². The Bertz CT molecular complexity index is 1020. The molecule has 1 aromatic rings. The van der Waals surface area contributed by atoms with Crippen LogP contribution < -0.4 is 15.2 Å². The van der Waals surface area contributed by atoms with Gasteiger partial charge in [0.25, 0.3) is 0 Å². The van der Waals surface area contributed by atoms with Crippen molar-refractivity contribution in [1.29, 1.82) is 0 Å². The van der Waals surface area contributed by atoms with Gasteiger partial charge in [0, 0.05) is 0 Å². The van der Waals surface area contributed by atoms with Crippen LogP contribution in [0.4, 0.5) is 4.79 Å². The fourth-order valence-corrected chi connectivity index (χ4v) is 2.73. The second kappa shape index (κ2) is 13.8. The maximum atomic E-state index is 12.8. The molecular formula is C29H45NO9. The Labute approximate surface area is 231 Å². The summed E-state index contributed by atoms with van der Waals surface area (Å²) in [6.07, 6.45) is -0.482. The molecule has 0 aliphatic carbocycles. The number of nitrogens with two attached hydrogens (primary N) is 1. The van der Waals surface area contributed by atoms with Gasteiger partial charge in [-0.25, -0.2) is 4.79 Å². The highest BCUT2D eigenvalue weighted by Crippen LogP contribution is 2.34. The Morgan fingerprint density at radius 3 is 1.85 bits per heavy atom. The molecule has 0 aliphatic rings. The number of rotatable bonds is 12. The van der Waals surface area contributed by atoms with Crippen molar-refractivity contribution in [2.45, 2.75) is 106 Å². The van der Waals surface area contributed by atoms with E-state index in [0.717, 1.165) is 0 Å². The van der Waals surface area contributed by atoms with E-state index in [1.54, 1.807) is 61.5 Å². The Kier molecular flexibility index (Phi) is 12.0. The summed E-state index contributed by atoms with van der Waals surface area (Å²) < 4.78 is 26.6. The summed E-state index contributed by atoms with van der Waals surface area (Å²) in [6.45, 7) is 17.3. The van der Waals surface area contributed by atoms with Crippen molar-refractivity contribution in [2.24, 2.45) is 16.6 Å². The minimum Gasteiger partial charge on any atom is -0.458 e. The van der Waals surface area contributed by atoms with E-state index in [1.807, 2.05) is 13.8 Å². The Morgan fingerprint density at radius 1 is 0.846 bits per heavy atom. The summed E-state index contributed by atoms with van der Waals surface area (Å²) in [6, 6.07) is 3.60. The zero-order valence-electron chi connectivity index (χ0n) is 25.0. The van der Waals surface area contributed by atoms with Crippen LogP contribution >= 0.6 is 0 Å². The molecule has 0 saturated heterocycles. The van der Waals surface area contributed by atoms with Crippen LogP contribution in [-0.4, -0.2) is 48.4 Å². The predicted molar refractivity (Wildman–Crippen MR) is 145 cm³/mol. The lowest BCUT2D eigenvalue weighted by Crippen LogP contribution is -2.37. The van der Waals surface area contributed by atoms with E-state index in [9.17, 15) is 19.2 Å². The average molecular weight is 552 g/mol. The van der Waals surface area contributed by atoms with Crippen LogP contribution in [0.3, 0.4) is 0 Å². The summed E-state index contributed by atoms with van der Waals surface area (Å²) in [7, 11) is 0. The maximum Gasteiger partial charge on any atom is 0.508 e. The van der Waals surface area contributed by atoms with Gasteiger partial charge in [-0.1, -0.05) is 19.9 Å². The summed E-state index contributed by atoms with van der Waals surface area (Å²) >= 11 is 0. The van der Waals surface area contributed by atoms with Gasteiger partial charge >= 0.3 is 24.1 Å². The van der Waals surface area contributed by atoms with E-state index in [-0.39, 0.29) is 24.5 Å². The number of carbonyl (C=O) groups excluding carboxylic acids is 4. The van der Waals surface area contributed by atoms with E-state index in [1.165, 1.54) is 12.1 Å². The fraction of sp³-hybridized carbons (Fsp3) is 0.655. The minimum atomic E-state index is -1.06. The molecule has 1 aromatic carbocycles. The van der Waals surface area contributed by atoms with Crippen LogP contribution in [0.5, 0.6) is 11.5 Å². The molecule has 0 aliphatic heterocycles. The SMILES string of the molecule is CCC(C)(C)C(=O)Oc1ccc(C[C@H](N)C(=O)O[C@@H](C)COC(=O)OC(C)(C)C)cc1OC(=O)C(C)(C)CC. The standard InChI is InChI=1S/C29H45NO9/c1-11-28(7,8)24(32)37-21-14-13-19(16-22(21)38-25(33)29(9,10)12-2)15-20(30)23(31)36-18(3)17-35-26(34)39-27(4,5)6/h13-14,16,18,20H,11-12,15,17,30H2,1-10H3/t18-,20-/m0/s1. The van der Waals surface area contributed by atoms with Gasteiger partial charge in [-0.15, -0.1) is 0 Å². The number of benzene rings is 1. The van der Waals surface area contributed by atoms with Crippen LogP contribution in [0.1, 0.15) is 87.6 Å². The van der Waals surface area contributed by atoms with E-state index >= 15 is 0 Å². The van der Waals surface area contributed by atoms with Gasteiger partial charge in [-0.05, 0) is 92.3 Å². The third kappa shape index (κ3) is 11.2. The number of carbonyl (C=O) groups is 4. The summed E-state index contributed by atoms with van der Waals surface area (Å²) in [5, 5.41) is 0. The number of hydrogen-bond donors (Lipinski definition) is 1. The first kappa shape index (κ1) is 33.9. The predicted octanol–water partition coefficient (Wildman–Crippen LogP) is 5.12. The molecule has 0 amide bonds. The first-order valence-corrected chi connectivity index (χ1v) is 13.2. The molecule has 0 bridgehead atoms. The third-order valence-electron chi connectivity index (χ3n) is 6.19. The molecule has 220 valence electrons. The van der Waals surface area contributed by atoms with Gasteiger partial charge in [0.15, 0.2) is 11.5 Å². The van der Waals surface area contributed by atoms with Crippen molar-refractivity contribution in [2.75, 3.05) is 6.61 Å². The van der Waals surface area contributed by atoms with Gasteiger partial charge < -0.3 is 29.4 Å². The molecule has 10 nitrogen and oxygen atoms in total. The van der Waals surface area contributed by atoms with Crippen LogP contribution in [0.15, 0.2) is 18.2 Å². The molecule has 0 fully saturated rings. The highest BCUT2D eigenvalue weighted by molar-refractivity contribution is 5.81. The second-order valence-corrected chi connectivity index (χ2v) is 11.9. The van der Waals surface area contributed by atoms with Crippen LogP contribution in [0, 0.1) is 10.8 Å². The number of esters is 3. The quantitative estimate of drug-likeness (QED) is 0.275. The van der Waals surface area contributed by atoms with Crippen molar-refractivity contribution in [1.82, 2.24) is 0 Å². The zero-order chi connectivity index (χ0) is 30.2. The summed E-state index contributed by atoms with van der Waals surface area (Å²) in [5.74, 6) is -1.51. The topological polar surface area (TPSA) is 140 Å². The Balaban J connectivity index is 2.99. The number of hydrogen-bond acceptors (Lipinski definition) is 10. The van der Waals surface area contributed by atoms with Crippen molar-refractivity contribution in [3.8, 4) is 11.5 Å². The first-order valence-electron chi connectivity index (χ1n) is 13.2. The summed E-state index contributed by atoms with van der Waals surface area (Å²) in [4.78, 5) is 49.7. The van der Waals surface area contributed by atoms with Gasteiger partial charge in [-0.3, -0.25) is 14.4 Å². The van der Waals surface area contributed by atoms with Gasteiger partial charge in [0.2, 0.25) is 0 Å². The van der Waals surface area contributed by atoms with E-state index in [2.05, 4.69) is 0 Å². The zero-order valence-corrected chi connectivity index (χ0v) is 25.0. The molecule has 0 unspecified atom stereocenters. The Morgan fingerprint density at radius 2 is 1.36 bits per heavy atom. The van der Waals surface area contributed by atoms with Crippen LogP contribution in [-0.2, 0) is 35.0 Å².